The summed E-state index contributed by atoms with van der Waals surface area (Å²) in [7, 11) is 0. The highest BCUT2D eigenvalue weighted by Gasteiger charge is 2.42. The first-order chi connectivity index (χ1) is 8.70. The van der Waals surface area contributed by atoms with Crippen molar-refractivity contribution >= 4 is 0 Å². The lowest BCUT2D eigenvalue weighted by Gasteiger charge is -2.36. The Labute approximate surface area is 112 Å². The molecule has 2 heteroatoms. The molecule has 2 aliphatic carbocycles. The molecule has 0 aromatic heterocycles. The zero-order valence-electron chi connectivity index (χ0n) is 12.0. The number of hydrogen-bond donors (Lipinski definition) is 1. The maximum absolute atomic E-state index is 6.38. The average molecular weight is 251 g/mol. The molecule has 0 aromatic carbocycles. The van der Waals surface area contributed by atoms with Gasteiger partial charge in [-0.1, -0.05) is 32.1 Å². The number of nitrogens with one attached hydrogen (secondary N) is 1. The van der Waals surface area contributed by atoms with E-state index in [2.05, 4.69) is 12.2 Å². The first kappa shape index (κ1) is 12.9. The zero-order chi connectivity index (χ0) is 12.5. The number of hydrogen-bond acceptors (Lipinski definition) is 2. The molecule has 1 N–H and O–H groups in total. The van der Waals surface area contributed by atoms with Crippen LogP contribution in [0.1, 0.15) is 77.6 Å². The van der Waals surface area contributed by atoms with Gasteiger partial charge in [-0.15, -0.1) is 0 Å². The monoisotopic (exact) mass is 251 g/mol. The molecule has 0 radical (unpaired) electrons. The van der Waals surface area contributed by atoms with Crippen molar-refractivity contribution in [3.8, 4) is 0 Å². The lowest BCUT2D eigenvalue weighted by molar-refractivity contribution is -0.0379. The van der Waals surface area contributed by atoms with Crippen LogP contribution in [0.3, 0.4) is 0 Å². The second-order valence-corrected chi connectivity index (χ2v) is 7.17. The molecule has 1 spiro atoms. The summed E-state index contributed by atoms with van der Waals surface area (Å²) in [6.45, 7) is 3.49. The van der Waals surface area contributed by atoms with Gasteiger partial charge in [0, 0.05) is 12.1 Å². The van der Waals surface area contributed by atoms with Gasteiger partial charge in [-0.25, -0.2) is 0 Å². The van der Waals surface area contributed by atoms with Gasteiger partial charge in [0.05, 0.1) is 11.7 Å². The van der Waals surface area contributed by atoms with Gasteiger partial charge in [-0.3, -0.25) is 0 Å². The summed E-state index contributed by atoms with van der Waals surface area (Å²) in [6, 6.07) is 0. The first-order valence-electron chi connectivity index (χ1n) is 8.13. The predicted molar refractivity (Wildman–Crippen MR) is 74.8 cm³/mol. The van der Waals surface area contributed by atoms with Crippen LogP contribution in [0.2, 0.25) is 0 Å². The van der Waals surface area contributed by atoms with Crippen LogP contribution < -0.4 is 5.32 Å². The number of ether oxygens (including phenoxy) is 1. The quantitative estimate of drug-likeness (QED) is 0.824. The van der Waals surface area contributed by atoms with Crippen LogP contribution in [-0.4, -0.2) is 23.8 Å². The van der Waals surface area contributed by atoms with Crippen LogP contribution in [0.15, 0.2) is 0 Å². The molecule has 104 valence electrons. The third kappa shape index (κ3) is 2.75. The van der Waals surface area contributed by atoms with Crippen molar-refractivity contribution in [1.82, 2.24) is 5.32 Å². The molecule has 0 bridgehead atoms. The van der Waals surface area contributed by atoms with Gasteiger partial charge in [-0.2, -0.15) is 0 Å². The fourth-order valence-electron chi connectivity index (χ4n) is 4.30. The maximum atomic E-state index is 6.38. The minimum absolute atomic E-state index is 0.305. The fourth-order valence-corrected chi connectivity index (χ4v) is 4.30. The van der Waals surface area contributed by atoms with E-state index in [1.807, 2.05) is 0 Å². The van der Waals surface area contributed by atoms with Gasteiger partial charge in [0.2, 0.25) is 0 Å². The Hall–Kier alpha value is -0.0800. The summed E-state index contributed by atoms with van der Waals surface area (Å²) < 4.78 is 6.38. The van der Waals surface area contributed by atoms with E-state index in [9.17, 15) is 0 Å². The van der Waals surface area contributed by atoms with Crippen LogP contribution in [0.25, 0.3) is 0 Å². The van der Waals surface area contributed by atoms with Crippen molar-refractivity contribution in [2.45, 2.75) is 94.8 Å². The topological polar surface area (TPSA) is 21.3 Å². The van der Waals surface area contributed by atoms with Crippen LogP contribution in [0.5, 0.6) is 0 Å². The molecule has 1 aliphatic heterocycles. The molecule has 18 heavy (non-hydrogen) atoms. The molecular weight excluding hydrogens is 222 g/mol. The minimum atomic E-state index is 0.305. The summed E-state index contributed by atoms with van der Waals surface area (Å²) in [5, 5.41) is 3.82. The highest BCUT2D eigenvalue weighted by Crippen LogP contribution is 2.43. The molecule has 3 aliphatic rings. The smallest absolute Gasteiger partial charge is 0.0708 e. The van der Waals surface area contributed by atoms with Crippen LogP contribution in [0, 0.1) is 0 Å². The SMILES string of the molecule is CC1(NCC2CCC3(CCCC3)O2)CCCCC1. The Balaban J connectivity index is 1.46. The second kappa shape index (κ2) is 5.13. The molecule has 1 unspecified atom stereocenters. The first-order valence-corrected chi connectivity index (χ1v) is 8.13. The molecule has 3 rings (SSSR count). The Morgan fingerprint density at radius 3 is 2.33 bits per heavy atom. The largest absolute Gasteiger partial charge is 0.370 e. The van der Waals surface area contributed by atoms with Gasteiger partial charge >= 0.3 is 0 Å². The summed E-state index contributed by atoms with van der Waals surface area (Å²) in [5.74, 6) is 0. The van der Waals surface area contributed by atoms with Crippen molar-refractivity contribution < 1.29 is 4.74 Å². The summed E-state index contributed by atoms with van der Waals surface area (Å²) in [5.41, 5.74) is 0.701. The van der Waals surface area contributed by atoms with Gasteiger partial charge in [0.15, 0.2) is 0 Å². The van der Waals surface area contributed by atoms with Gasteiger partial charge < -0.3 is 10.1 Å². The second-order valence-electron chi connectivity index (χ2n) is 7.17. The molecule has 1 atom stereocenters. The normalized spacial score (nSPS) is 34.2. The van der Waals surface area contributed by atoms with E-state index in [0.717, 1.165) is 6.54 Å². The molecule has 0 amide bonds. The summed E-state index contributed by atoms with van der Waals surface area (Å²) >= 11 is 0. The molecule has 0 aromatic rings. The predicted octanol–water partition coefficient (Wildman–Crippen LogP) is 3.79. The van der Waals surface area contributed by atoms with E-state index in [-0.39, 0.29) is 0 Å². The standard InChI is InChI=1S/C16H29NO/c1-15(8-3-2-4-9-15)17-13-14-7-12-16(18-14)10-5-6-11-16/h14,17H,2-13H2,1H3. The van der Waals surface area contributed by atoms with Crippen molar-refractivity contribution in [1.29, 1.82) is 0 Å². The molecular formula is C16H29NO. The lowest BCUT2D eigenvalue weighted by atomic mass is 9.83. The Morgan fingerprint density at radius 2 is 1.61 bits per heavy atom. The van der Waals surface area contributed by atoms with E-state index >= 15 is 0 Å². The van der Waals surface area contributed by atoms with Crippen LogP contribution in [0.4, 0.5) is 0 Å². The Morgan fingerprint density at radius 1 is 0.944 bits per heavy atom. The van der Waals surface area contributed by atoms with Gasteiger partial charge in [-0.05, 0) is 45.4 Å². The third-order valence-electron chi connectivity index (χ3n) is 5.57. The van der Waals surface area contributed by atoms with E-state index in [4.69, 9.17) is 4.74 Å². The molecule has 2 nitrogen and oxygen atoms in total. The van der Waals surface area contributed by atoms with E-state index in [0.29, 0.717) is 17.2 Å². The van der Waals surface area contributed by atoms with Gasteiger partial charge in [0.25, 0.3) is 0 Å². The van der Waals surface area contributed by atoms with Crippen LogP contribution >= 0.6 is 0 Å². The molecule has 3 fully saturated rings. The van der Waals surface area contributed by atoms with Gasteiger partial charge in [0.1, 0.15) is 0 Å². The summed E-state index contributed by atoms with van der Waals surface area (Å²) in [6.07, 6.45) is 15.4. The molecule has 2 saturated carbocycles. The highest BCUT2D eigenvalue weighted by atomic mass is 16.5. The maximum Gasteiger partial charge on any atom is 0.0708 e. The lowest BCUT2D eigenvalue weighted by Crippen LogP contribution is -2.47. The van der Waals surface area contributed by atoms with Crippen LogP contribution in [-0.2, 0) is 4.74 Å². The molecule has 1 heterocycles. The van der Waals surface area contributed by atoms with Crippen molar-refractivity contribution in [3.63, 3.8) is 0 Å². The number of rotatable bonds is 3. The third-order valence-corrected chi connectivity index (χ3v) is 5.57. The van der Waals surface area contributed by atoms with E-state index in [1.165, 1.54) is 70.6 Å². The molecule has 1 saturated heterocycles. The fraction of sp³-hybridized carbons (Fsp3) is 1.00. The highest BCUT2D eigenvalue weighted by molar-refractivity contribution is 4.94. The van der Waals surface area contributed by atoms with E-state index < -0.39 is 0 Å². The van der Waals surface area contributed by atoms with Crippen molar-refractivity contribution in [2.75, 3.05) is 6.54 Å². The Bertz CT molecular complexity index is 277. The summed E-state index contributed by atoms with van der Waals surface area (Å²) in [4.78, 5) is 0. The minimum Gasteiger partial charge on any atom is -0.370 e. The van der Waals surface area contributed by atoms with E-state index in [1.54, 1.807) is 0 Å². The zero-order valence-corrected chi connectivity index (χ0v) is 12.0. The average Bonchev–Trinajstić information content (AvgIpc) is 2.99. The Kier molecular flexibility index (Phi) is 3.68. The van der Waals surface area contributed by atoms with Crippen molar-refractivity contribution in [2.24, 2.45) is 0 Å². The van der Waals surface area contributed by atoms with Crippen molar-refractivity contribution in [3.05, 3.63) is 0 Å².